The lowest BCUT2D eigenvalue weighted by atomic mass is 10.2. The summed E-state index contributed by atoms with van der Waals surface area (Å²) in [7, 11) is 0. The van der Waals surface area contributed by atoms with Crippen LogP contribution in [0.1, 0.15) is 5.56 Å². The minimum Gasteiger partial charge on any atom is -0.485 e. The van der Waals surface area contributed by atoms with Gasteiger partial charge >= 0.3 is 0 Å². The molecule has 3 heterocycles. The number of carbonyl (C=O) groups is 2. The summed E-state index contributed by atoms with van der Waals surface area (Å²) in [6, 6.07) is 11.1. The number of carbonyl (C=O) groups excluding carboxylic acids is 2. The Balaban J connectivity index is 1.26. The number of thiophene rings is 1. The van der Waals surface area contributed by atoms with Crippen molar-refractivity contribution in [3.63, 3.8) is 0 Å². The molecule has 4 rings (SSSR count). The van der Waals surface area contributed by atoms with E-state index in [4.69, 9.17) is 14.7 Å². The van der Waals surface area contributed by atoms with E-state index in [9.17, 15) is 9.59 Å². The highest BCUT2D eigenvalue weighted by atomic mass is 32.1. The molecule has 2 aliphatic heterocycles. The zero-order valence-corrected chi connectivity index (χ0v) is 16.5. The Kier molecular flexibility index (Phi) is 5.64. The number of hydrogen-bond donors (Lipinski definition) is 2. The molecule has 2 aromatic rings. The third kappa shape index (κ3) is 4.34. The van der Waals surface area contributed by atoms with Gasteiger partial charge in [-0.15, -0.1) is 11.3 Å². The molecule has 1 atom stereocenters. The van der Waals surface area contributed by atoms with Gasteiger partial charge in [-0.2, -0.15) is 5.26 Å². The molecule has 150 valence electrons. The van der Waals surface area contributed by atoms with E-state index >= 15 is 0 Å². The molecule has 0 radical (unpaired) electrons. The monoisotopic (exact) mass is 413 g/mol. The van der Waals surface area contributed by atoms with Crippen LogP contribution < -0.4 is 19.7 Å². The van der Waals surface area contributed by atoms with Gasteiger partial charge in [0, 0.05) is 0 Å². The smallest absolute Gasteiger partial charge is 0.280 e. The second-order valence-corrected chi connectivity index (χ2v) is 7.86. The normalized spacial score (nSPS) is 18.7. The number of ether oxygens (including phenoxy) is 2. The second kappa shape index (κ2) is 8.51. The van der Waals surface area contributed by atoms with E-state index in [0.29, 0.717) is 54.8 Å². The summed E-state index contributed by atoms with van der Waals surface area (Å²) < 4.78 is 11.4. The first-order chi connectivity index (χ1) is 14.1. The number of piperazine rings is 1. The number of nitrogens with zero attached hydrogens (tertiary/aromatic N) is 2. The van der Waals surface area contributed by atoms with Gasteiger partial charge in [-0.05, 0) is 23.6 Å². The number of nitriles is 1. The highest BCUT2D eigenvalue weighted by Crippen LogP contribution is 2.31. The van der Waals surface area contributed by atoms with E-state index in [-0.39, 0.29) is 18.4 Å². The number of para-hydroxylation sites is 2. The van der Waals surface area contributed by atoms with Gasteiger partial charge < -0.3 is 24.6 Å². The number of fused-ring (bicyclic) bond motifs is 1. The first-order valence-corrected chi connectivity index (χ1v) is 10.3. The molecule has 2 aliphatic rings. The summed E-state index contributed by atoms with van der Waals surface area (Å²) in [5, 5.41) is 14.2. The van der Waals surface area contributed by atoms with Crippen molar-refractivity contribution in [2.45, 2.75) is 6.10 Å². The highest BCUT2D eigenvalue weighted by molar-refractivity contribution is 7.14. The van der Waals surface area contributed by atoms with E-state index < -0.39 is 6.10 Å². The molecule has 0 unspecified atom stereocenters. The van der Waals surface area contributed by atoms with Gasteiger partial charge in [-0.1, -0.05) is 12.1 Å². The molecule has 0 spiro atoms. The third-order valence-corrected chi connectivity index (χ3v) is 5.85. The lowest BCUT2D eigenvalue weighted by molar-refractivity contribution is -0.895. The molecule has 8 nitrogen and oxygen atoms in total. The van der Waals surface area contributed by atoms with Gasteiger partial charge in [0.2, 0.25) is 6.10 Å². The molecular weight excluding hydrogens is 392 g/mol. The zero-order chi connectivity index (χ0) is 20.2. The van der Waals surface area contributed by atoms with E-state index in [1.165, 1.54) is 11.3 Å². The lowest BCUT2D eigenvalue weighted by Crippen LogP contribution is -3.15. The van der Waals surface area contributed by atoms with Crippen LogP contribution in [0.15, 0.2) is 35.7 Å². The fraction of sp³-hybridized carbons (Fsp3) is 0.350. The molecule has 9 heteroatoms. The molecule has 29 heavy (non-hydrogen) atoms. The number of amides is 2. The van der Waals surface area contributed by atoms with E-state index in [2.05, 4.69) is 11.4 Å². The fourth-order valence-electron chi connectivity index (χ4n) is 3.46. The van der Waals surface area contributed by atoms with Crippen LogP contribution >= 0.6 is 11.3 Å². The average Bonchev–Trinajstić information content (AvgIpc) is 3.20. The minimum atomic E-state index is -0.641. The summed E-state index contributed by atoms with van der Waals surface area (Å²) in [4.78, 5) is 27.9. The fourth-order valence-corrected chi connectivity index (χ4v) is 4.21. The first-order valence-electron chi connectivity index (χ1n) is 9.42. The third-order valence-electron chi connectivity index (χ3n) is 5.02. The molecule has 0 aliphatic carbocycles. The van der Waals surface area contributed by atoms with E-state index in [1.54, 1.807) is 22.4 Å². The van der Waals surface area contributed by atoms with Gasteiger partial charge in [0.25, 0.3) is 11.8 Å². The van der Waals surface area contributed by atoms with Crippen LogP contribution in [0.4, 0.5) is 5.00 Å². The molecule has 1 aromatic heterocycles. The Morgan fingerprint density at radius 2 is 2.00 bits per heavy atom. The average molecular weight is 413 g/mol. The van der Waals surface area contributed by atoms with Crippen LogP contribution in [0, 0.1) is 11.3 Å². The van der Waals surface area contributed by atoms with Gasteiger partial charge in [0.1, 0.15) is 17.7 Å². The van der Waals surface area contributed by atoms with Crippen LogP contribution in [0.2, 0.25) is 0 Å². The van der Waals surface area contributed by atoms with E-state index in [0.717, 1.165) is 4.90 Å². The minimum absolute atomic E-state index is 0.0831. The van der Waals surface area contributed by atoms with Crippen molar-refractivity contribution < 1.29 is 24.0 Å². The molecule has 2 amide bonds. The molecular formula is C20H21N4O4S+. The zero-order valence-electron chi connectivity index (χ0n) is 15.7. The van der Waals surface area contributed by atoms with Gasteiger partial charge in [0.15, 0.2) is 18.0 Å². The van der Waals surface area contributed by atoms with Gasteiger partial charge in [-0.3, -0.25) is 9.59 Å². The maximum absolute atomic E-state index is 12.8. The van der Waals surface area contributed by atoms with Gasteiger partial charge in [-0.25, -0.2) is 0 Å². The number of benzene rings is 1. The number of nitrogens with one attached hydrogen (secondary N) is 2. The number of hydrogen-bond acceptors (Lipinski definition) is 6. The van der Waals surface area contributed by atoms with Crippen molar-refractivity contribution in [1.29, 1.82) is 5.26 Å². The maximum atomic E-state index is 12.8. The molecule has 1 fully saturated rings. The Morgan fingerprint density at radius 1 is 1.24 bits per heavy atom. The van der Waals surface area contributed by atoms with Crippen molar-refractivity contribution in [2.24, 2.45) is 0 Å². The van der Waals surface area contributed by atoms with Crippen LogP contribution in [0.25, 0.3) is 0 Å². The number of quaternary nitrogens is 1. The van der Waals surface area contributed by atoms with Crippen LogP contribution in [0.5, 0.6) is 11.5 Å². The summed E-state index contributed by atoms with van der Waals surface area (Å²) in [6.07, 6.45) is -0.641. The van der Waals surface area contributed by atoms with Crippen molar-refractivity contribution in [3.8, 4) is 17.6 Å². The number of anilines is 1. The molecule has 1 aromatic carbocycles. The molecule has 0 bridgehead atoms. The van der Waals surface area contributed by atoms with Crippen molar-refractivity contribution in [1.82, 2.24) is 4.90 Å². The standard InChI is InChI=1S/C20H20N4O4S/c21-11-14-5-10-29-19(14)22-18(25)12-23-6-8-24(9-7-23)20(26)17-13-27-15-3-1-2-4-16(15)28-17/h1-5,10,17H,6-9,12-13H2,(H,22,25)/p+1/t17-/m1/s1. The first kappa shape index (κ1) is 19.2. The quantitative estimate of drug-likeness (QED) is 0.743. The highest BCUT2D eigenvalue weighted by Gasteiger charge is 2.34. The van der Waals surface area contributed by atoms with Crippen molar-refractivity contribution in [2.75, 3.05) is 44.6 Å². The summed E-state index contributed by atoms with van der Waals surface area (Å²) in [5.41, 5.74) is 0.477. The van der Waals surface area contributed by atoms with Crippen molar-refractivity contribution >= 4 is 28.2 Å². The topological polar surface area (TPSA) is 96.1 Å². The Labute approximate surface area is 172 Å². The molecule has 2 N–H and O–H groups in total. The largest absolute Gasteiger partial charge is 0.485 e. The summed E-state index contributed by atoms with van der Waals surface area (Å²) in [5.74, 6) is 1.03. The Hall–Kier alpha value is -3.09. The lowest BCUT2D eigenvalue weighted by Gasteiger charge is -2.35. The van der Waals surface area contributed by atoms with Crippen LogP contribution in [-0.4, -0.2) is 62.1 Å². The van der Waals surface area contributed by atoms with Crippen LogP contribution in [-0.2, 0) is 9.59 Å². The summed E-state index contributed by atoms with van der Waals surface area (Å²) >= 11 is 1.34. The Morgan fingerprint density at radius 3 is 2.76 bits per heavy atom. The van der Waals surface area contributed by atoms with Crippen molar-refractivity contribution in [3.05, 3.63) is 41.3 Å². The Bertz CT molecular complexity index is 946. The van der Waals surface area contributed by atoms with Crippen LogP contribution in [0.3, 0.4) is 0 Å². The molecule has 0 saturated carbocycles. The predicted molar refractivity (Wildman–Crippen MR) is 106 cm³/mol. The molecule has 1 saturated heterocycles. The number of rotatable bonds is 4. The summed E-state index contributed by atoms with van der Waals surface area (Å²) in [6.45, 7) is 2.99. The predicted octanol–water partition coefficient (Wildman–Crippen LogP) is 0.125. The van der Waals surface area contributed by atoms with E-state index in [1.807, 2.05) is 18.2 Å². The van der Waals surface area contributed by atoms with Gasteiger partial charge in [0.05, 0.1) is 31.7 Å². The second-order valence-electron chi connectivity index (χ2n) is 6.94. The SMILES string of the molecule is N#Cc1ccsc1NC(=O)C[NH+]1CCN(C(=O)[C@H]2COc3ccccc3O2)CC1. The maximum Gasteiger partial charge on any atom is 0.280 e.